The molecule has 0 aliphatic heterocycles. The predicted octanol–water partition coefficient (Wildman–Crippen LogP) is 4.46. The lowest BCUT2D eigenvalue weighted by Gasteiger charge is -2.14. The van der Waals surface area contributed by atoms with Gasteiger partial charge in [0.05, 0.1) is 10.9 Å². The second kappa shape index (κ2) is 6.56. The quantitative estimate of drug-likeness (QED) is 0.746. The van der Waals surface area contributed by atoms with E-state index < -0.39 is 10.0 Å². The summed E-state index contributed by atoms with van der Waals surface area (Å²) in [6.07, 6.45) is 1.99. The zero-order valence-electron chi connectivity index (χ0n) is 14.4. The highest BCUT2D eigenvalue weighted by Gasteiger charge is 2.28. The third-order valence-electron chi connectivity index (χ3n) is 4.62. The molecule has 0 fully saturated rings. The Kier molecular flexibility index (Phi) is 4.23. The maximum atomic E-state index is 12.8. The number of hydrogen-bond acceptors (Lipinski definition) is 2. The third kappa shape index (κ3) is 3.09. The predicted molar refractivity (Wildman–Crippen MR) is 104 cm³/mol. The Labute approximate surface area is 154 Å². The summed E-state index contributed by atoms with van der Waals surface area (Å²) in [4.78, 5) is 0.280. The monoisotopic (exact) mass is 361 g/mol. The minimum Gasteiger partial charge on any atom is -0.207 e. The Morgan fingerprint density at radius 1 is 0.808 bits per heavy atom. The van der Waals surface area contributed by atoms with Crippen LogP contribution >= 0.6 is 0 Å². The molecule has 4 heteroatoms. The molecule has 3 nitrogen and oxygen atoms in total. The van der Waals surface area contributed by atoms with Gasteiger partial charge < -0.3 is 0 Å². The van der Waals surface area contributed by atoms with Crippen LogP contribution in [-0.2, 0) is 10.0 Å². The first-order valence-corrected chi connectivity index (χ1v) is 9.98. The SMILES string of the molecule is Cc1ccc(S(=O)(=O)NC2C=C(c3ccccc3)c3ccccc32)cc1. The van der Waals surface area contributed by atoms with E-state index in [9.17, 15) is 8.42 Å². The molecule has 0 bridgehead atoms. The topological polar surface area (TPSA) is 46.2 Å². The summed E-state index contributed by atoms with van der Waals surface area (Å²) in [5, 5.41) is 0. The lowest BCUT2D eigenvalue weighted by atomic mass is 9.99. The Balaban J connectivity index is 1.73. The summed E-state index contributed by atoms with van der Waals surface area (Å²) in [5.41, 5.74) is 5.20. The van der Waals surface area contributed by atoms with Gasteiger partial charge in [-0.15, -0.1) is 0 Å². The van der Waals surface area contributed by atoms with Gasteiger partial charge in [-0.1, -0.05) is 78.4 Å². The fourth-order valence-corrected chi connectivity index (χ4v) is 4.44. The smallest absolute Gasteiger partial charge is 0.207 e. The maximum absolute atomic E-state index is 12.8. The van der Waals surface area contributed by atoms with Crippen LogP contribution in [0.25, 0.3) is 5.57 Å². The summed E-state index contributed by atoms with van der Waals surface area (Å²) in [6, 6.07) is 24.5. The van der Waals surface area contributed by atoms with Crippen molar-refractivity contribution in [3.63, 3.8) is 0 Å². The molecule has 1 N–H and O–H groups in total. The molecule has 1 atom stereocenters. The number of fused-ring (bicyclic) bond motifs is 1. The fraction of sp³-hybridized carbons (Fsp3) is 0.0909. The molecule has 4 rings (SSSR count). The van der Waals surface area contributed by atoms with E-state index in [-0.39, 0.29) is 10.9 Å². The van der Waals surface area contributed by atoms with E-state index >= 15 is 0 Å². The van der Waals surface area contributed by atoms with E-state index in [0.717, 1.165) is 27.8 Å². The van der Waals surface area contributed by atoms with E-state index in [1.807, 2.05) is 79.7 Å². The van der Waals surface area contributed by atoms with Crippen molar-refractivity contribution in [3.8, 4) is 0 Å². The summed E-state index contributed by atoms with van der Waals surface area (Å²) in [5.74, 6) is 0. The van der Waals surface area contributed by atoms with Crippen LogP contribution < -0.4 is 4.72 Å². The van der Waals surface area contributed by atoms with Crippen molar-refractivity contribution < 1.29 is 8.42 Å². The third-order valence-corrected chi connectivity index (χ3v) is 6.07. The van der Waals surface area contributed by atoms with Crippen molar-refractivity contribution in [1.29, 1.82) is 0 Å². The molecule has 0 spiro atoms. The first kappa shape index (κ1) is 16.8. The number of aryl methyl sites for hydroxylation is 1. The molecule has 3 aromatic carbocycles. The van der Waals surface area contributed by atoms with Crippen LogP contribution in [-0.4, -0.2) is 8.42 Å². The molecular formula is C22H19NO2S. The average Bonchev–Trinajstić information content (AvgIpc) is 3.01. The van der Waals surface area contributed by atoms with Gasteiger partial charge in [-0.25, -0.2) is 8.42 Å². The fourth-order valence-electron chi connectivity index (χ4n) is 3.28. The normalized spacial score (nSPS) is 16.2. The summed E-state index contributed by atoms with van der Waals surface area (Å²) in [6.45, 7) is 1.94. The second-order valence-corrected chi connectivity index (χ2v) is 8.16. The van der Waals surface area contributed by atoms with Crippen molar-refractivity contribution in [2.24, 2.45) is 0 Å². The molecule has 130 valence electrons. The highest BCUT2D eigenvalue weighted by molar-refractivity contribution is 7.89. The Hall–Kier alpha value is -2.69. The van der Waals surface area contributed by atoms with Crippen LogP contribution in [0.3, 0.4) is 0 Å². The largest absolute Gasteiger partial charge is 0.241 e. The van der Waals surface area contributed by atoms with E-state index in [1.54, 1.807) is 12.1 Å². The molecule has 3 aromatic rings. The van der Waals surface area contributed by atoms with Gasteiger partial charge in [0, 0.05) is 0 Å². The van der Waals surface area contributed by atoms with Crippen molar-refractivity contribution in [2.75, 3.05) is 0 Å². The lowest BCUT2D eigenvalue weighted by molar-refractivity contribution is 0.575. The zero-order chi connectivity index (χ0) is 18.1. The molecule has 0 aromatic heterocycles. The maximum Gasteiger partial charge on any atom is 0.241 e. The molecule has 0 saturated carbocycles. The van der Waals surface area contributed by atoms with Crippen LogP contribution in [0.2, 0.25) is 0 Å². The molecule has 0 radical (unpaired) electrons. The van der Waals surface area contributed by atoms with Gasteiger partial charge >= 0.3 is 0 Å². The number of rotatable bonds is 4. The molecule has 1 unspecified atom stereocenters. The number of hydrogen-bond donors (Lipinski definition) is 1. The molecule has 26 heavy (non-hydrogen) atoms. The molecule has 0 saturated heterocycles. The minimum absolute atomic E-state index is 0.280. The first-order valence-electron chi connectivity index (χ1n) is 8.50. The van der Waals surface area contributed by atoms with Crippen LogP contribution in [0.1, 0.15) is 28.3 Å². The van der Waals surface area contributed by atoms with Gasteiger partial charge in [0.15, 0.2) is 0 Å². The Bertz CT molecular complexity index is 1070. The molecule has 0 amide bonds. The standard InChI is InChI=1S/C22H19NO2S/c1-16-11-13-18(14-12-16)26(24,25)23-22-15-21(17-7-3-2-4-8-17)19-9-5-6-10-20(19)22/h2-15,22-23H,1H3. The molecule has 1 aliphatic carbocycles. The zero-order valence-corrected chi connectivity index (χ0v) is 15.2. The highest BCUT2D eigenvalue weighted by atomic mass is 32.2. The lowest BCUT2D eigenvalue weighted by Crippen LogP contribution is -2.26. The molecular weight excluding hydrogens is 342 g/mol. The van der Waals surface area contributed by atoms with Gasteiger partial charge in [0.2, 0.25) is 10.0 Å². The Morgan fingerprint density at radius 3 is 2.19 bits per heavy atom. The van der Waals surface area contributed by atoms with Crippen molar-refractivity contribution in [3.05, 3.63) is 107 Å². The average molecular weight is 361 g/mol. The summed E-state index contributed by atoms with van der Waals surface area (Å²) in [7, 11) is -3.60. The van der Waals surface area contributed by atoms with Crippen LogP contribution in [0, 0.1) is 6.92 Å². The van der Waals surface area contributed by atoms with E-state index in [4.69, 9.17) is 0 Å². The van der Waals surface area contributed by atoms with Gasteiger partial charge in [-0.3, -0.25) is 0 Å². The number of benzene rings is 3. The Morgan fingerprint density at radius 2 is 1.46 bits per heavy atom. The summed E-state index contributed by atoms with van der Waals surface area (Å²) >= 11 is 0. The van der Waals surface area contributed by atoms with Crippen LogP contribution in [0.4, 0.5) is 0 Å². The molecule has 1 aliphatic rings. The highest BCUT2D eigenvalue weighted by Crippen LogP contribution is 2.38. The molecule has 0 heterocycles. The van der Waals surface area contributed by atoms with Gasteiger partial charge in [0.1, 0.15) is 0 Å². The summed E-state index contributed by atoms with van der Waals surface area (Å²) < 4.78 is 28.5. The van der Waals surface area contributed by atoms with Gasteiger partial charge in [-0.05, 0) is 41.3 Å². The van der Waals surface area contributed by atoms with Crippen molar-refractivity contribution >= 4 is 15.6 Å². The van der Waals surface area contributed by atoms with Crippen LogP contribution in [0.15, 0.2) is 89.8 Å². The van der Waals surface area contributed by atoms with Gasteiger partial charge in [-0.2, -0.15) is 4.72 Å². The van der Waals surface area contributed by atoms with Gasteiger partial charge in [0.25, 0.3) is 0 Å². The number of nitrogens with one attached hydrogen (secondary N) is 1. The van der Waals surface area contributed by atoms with E-state index in [2.05, 4.69) is 4.72 Å². The van der Waals surface area contributed by atoms with Crippen molar-refractivity contribution in [2.45, 2.75) is 17.9 Å². The number of sulfonamides is 1. The first-order chi connectivity index (χ1) is 12.5. The van der Waals surface area contributed by atoms with Crippen LogP contribution in [0.5, 0.6) is 0 Å². The van der Waals surface area contributed by atoms with Crippen molar-refractivity contribution in [1.82, 2.24) is 4.72 Å². The second-order valence-electron chi connectivity index (χ2n) is 6.45. The van der Waals surface area contributed by atoms with E-state index in [0.29, 0.717) is 0 Å². The van der Waals surface area contributed by atoms with E-state index in [1.165, 1.54) is 0 Å². The minimum atomic E-state index is -3.60.